The van der Waals surface area contributed by atoms with Gasteiger partial charge in [0.1, 0.15) is 12.4 Å². The SMILES string of the molecule is O=C(c1ccc(C(F)(F)F)cc1)[C@H]1CCCN(Cc2ccc(OCCO)cc2)C1. The summed E-state index contributed by atoms with van der Waals surface area (Å²) in [6.45, 7) is 2.36. The number of carbonyl (C=O) groups excluding carboxylic acids is 1. The number of nitrogens with zero attached hydrogens (tertiary/aromatic N) is 1. The first-order valence-corrected chi connectivity index (χ1v) is 9.63. The summed E-state index contributed by atoms with van der Waals surface area (Å²) in [4.78, 5) is 15.0. The Labute approximate surface area is 167 Å². The molecule has 156 valence electrons. The molecule has 0 aliphatic carbocycles. The number of hydrogen-bond acceptors (Lipinski definition) is 4. The number of benzene rings is 2. The number of Topliss-reactive ketones (excluding diaryl/α,β-unsaturated/α-hetero) is 1. The van der Waals surface area contributed by atoms with Crippen molar-refractivity contribution in [3.63, 3.8) is 0 Å². The van der Waals surface area contributed by atoms with E-state index in [0.29, 0.717) is 24.4 Å². The summed E-state index contributed by atoms with van der Waals surface area (Å²) in [6, 6.07) is 12.1. The van der Waals surface area contributed by atoms with Crippen LogP contribution in [0.15, 0.2) is 48.5 Å². The number of carbonyl (C=O) groups is 1. The number of rotatable bonds is 7. The van der Waals surface area contributed by atoms with Gasteiger partial charge >= 0.3 is 6.18 Å². The minimum absolute atomic E-state index is 0.0378. The molecule has 0 unspecified atom stereocenters. The van der Waals surface area contributed by atoms with E-state index < -0.39 is 11.7 Å². The molecule has 0 amide bonds. The summed E-state index contributed by atoms with van der Waals surface area (Å²) >= 11 is 0. The molecule has 1 aliphatic rings. The second kappa shape index (κ2) is 9.41. The van der Waals surface area contributed by atoms with E-state index in [1.807, 2.05) is 24.3 Å². The van der Waals surface area contributed by atoms with E-state index in [1.54, 1.807) is 0 Å². The number of halogens is 3. The van der Waals surface area contributed by atoms with Crippen LogP contribution in [-0.2, 0) is 12.7 Å². The fourth-order valence-corrected chi connectivity index (χ4v) is 3.59. The normalized spacial score (nSPS) is 17.9. The Morgan fingerprint density at radius 1 is 1.10 bits per heavy atom. The fourth-order valence-electron chi connectivity index (χ4n) is 3.59. The minimum atomic E-state index is -4.40. The maximum atomic E-state index is 12.8. The highest BCUT2D eigenvalue weighted by atomic mass is 19.4. The number of aliphatic hydroxyl groups excluding tert-OH is 1. The average Bonchev–Trinajstić information content (AvgIpc) is 2.72. The van der Waals surface area contributed by atoms with Gasteiger partial charge in [0.25, 0.3) is 0 Å². The van der Waals surface area contributed by atoms with Crippen LogP contribution in [0.4, 0.5) is 13.2 Å². The zero-order chi connectivity index (χ0) is 20.9. The van der Waals surface area contributed by atoms with Crippen LogP contribution in [-0.4, -0.2) is 42.1 Å². The summed E-state index contributed by atoms with van der Waals surface area (Å²) < 4.78 is 43.5. The van der Waals surface area contributed by atoms with Gasteiger partial charge in [0.05, 0.1) is 12.2 Å². The van der Waals surface area contributed by atoms with E-state index in [2.05, 4.69) is 4.90 Å². The quantitative estimate of drug-likeness (QED) is 0.700. The predicted molar refractivity (Wildman–Crippen MR) is 103 cm³/mol. The minimum Gasteiger partial charge on any atom is -0.491 e. The van der Waals surface area contributed by atoms with Gasteiger partial charge in [0, 0.05) is 24.6 Å². The third kappa shape index (κ3) is 5.81. The lowest BCUT2D eigenvalue weighted by Gasteiger charge is -2.32. The third-order valence-electron chi connectivity index (χ3n) is 5.06. The van der Waals surface area contributed by atoms with Crippen molar-refractivity contribution in [2.75, 3.05) is 26.3 Å². The molecule has 0 aromatic heterocycles. The van der Waals surface area contributed by atoms with E-state index in [-0.39, 0.29) is 24.9 Å². The van der Waals surface area contributed by atoms with Crippen molar-refractivity contribution in [2.45, 2.75) is 25.6 Å². The summed E-state index contributed by atoms with van der Waals surface area (Å²) in [5.41, 5.74) is 0.671. The number of ether oxygens (including phenoxy) is 1. The summed E-state index contributed by atoms with van der Waals surface area (Å²) in [5, 5.41) is 8.79. The van der Waals surface area contributed by atoms with E-state index in [4.69, 9.17) is 9.84 Å². The average molecular weight is 407 g/mol. The van der Waals surface area contributed by atoms with Gasteiger partial charge in [0.2, 0.25) is 0 Å². The Morgan fingerprint density at radius 3 is 2.41 bits per heavy atom. The van der Waals surface area contributed by atoms with Crippen molar-refractivity contribution in [3.05, 3.63) is 65.2 Å². The monoisotopic (exact) mass is 407 g/mol. The van der Waals surface area contributed by atoms with E-state index in [1.165, 1.54) is 12.1 Å². The van der Waals surface area contributed by atoms with Gasteiger partial charge in [0.15, 0.2) is 5.78 Å². The van der Waals surface area contributed by atoms with Gasteiger partial charge in [-0.25, -0.2) is 0 Å². The van der Waals surface area contributed by atoms with Crippen LogP contribution in [0.1, 0.15) is 34.3 Å². The van der Waals surface area contributed by atoms with Gasteiger partial charge in [-0.1, -0.05) is 24.3 Å². The first-order chi connectivity index (χ1) is 13.9. The van der Waals surface area contributed by atoms with E-state index >= 15 is 0 Å². The molecule has 1 atom stereocenters. The van der Waals surface area contributed by atoms with Crippen LogP contribution in [0.2, 0.25) is 0 Å². The Bertz CT molecular complexity index is 804. The molecule has 0 bridgehead atoms. The lowest BCUT2D eigenvalue weighted by molar-refractivity contribution is -0.137. The predicted octanol–water partition coefficient (Wildman–Crippen LogP) is 4.17. The number of hydrogen-bond donors (Lipinski definition) is 1. The molecule has 29 heavy (non-hydrogen) atoms. The lowest BCUT2D eigenvalue weighted by Crippen LogP contribution is -2.38. The molecule has 7 heteroatoms. The Hall–Kier alpha value is -2.38. The number of alkyl halides is 3. The molecule has 2 aromatic carbocycles. The lowest BCUT2D eigenvalue weighted by atomic mass is 9.89. The van der Waals surface area contributed by atoms with Crippen LogP contribution >= 0.6 is 0 Å². The molecule has 4 nitrogen and oxygen atoms in total. The van der Waals surface area contributed by atoms with E-state index in [9.17, 15) is 18.0 Å². The highest BCUT2D eigenvalue weighted by Crippen LogP contribution is 2.30. The third-order valence-corrected chi connectivity index (χ3v) is 5.06. The van der Waals surface area contributed by atoms with Crippen molar-refractivity contribution in [1.29, 1.82) is 0 Å². The second-order valence-electron chi connectivity index (χ2n) is 7.23. The van der Waals surface area contributed by atoms with Crippen LogP contribution in [0.25, 0.3) is 0 Å². The van der Waals surface area contributed by atoms with E-state index in [0.717, 1.165) is 37.1 Å². The van der Waals surface area contributed by atoms with Crippen molar-refractivity contribution in [3.8, 4) is 5.75 Å². The van der Waals surface area contributed by atoms with Gasteiger partial charge in [-0.15, -0.1) is 0 Å². The highest BCUT2D eigenvalue weighted by molar-refractivity contribution is 5.98. The van der Waals surface area contributed by atoms with Crippen LogP contribution in [0.3, 0.4) is 0 Å². The number of likely N-dealkylation sites (tertiary alicyclic amines) is 1. The molecule has 2 aromatic rings. The van der Waals surface area contributed by atoms with Crippen LogP contribution in [0, 0.1) is 5.92 Å². The van der Waals surface area contributed by atoms with Crippen molar-refractivity contribution < 1.29 is 27.8 Å². The first-order valence-electron chi connectivity index (χ1n) is 9.63. The zero-order valence-electron chi connectivity index (χ0n) is 16.0. The molecule has 1 aliphatic heterocycles. The molecule has 1 saturated heterocycles. The second-order valence-corrected chi connectivity index (χ2v) is 7.23. The standard InChI is InChI=1S/C22H24F3NO3/c23-22(24,25)19-7-5-17(6-8-19)21(28)18-2-1-11-26(15-18)14-16-3-9-20(10-4-16)29-13-12-27/h3-10,18,27H,1-2,11-15H2/t18-/m0/s1. The van der Waals surface area contributed by atoms with Crippen molar-refractivity contribution in [2.24, 2.45) is 5.92 Å². The molecule has 1 fully saturated rings. The molecule has 0 saturated carbocycles. The first kappa shape index (κ1) is 21.3. The van der Waals surface area contributed by atoms with Crippen LogP contribution < -0.4 is 4.74 Å². The molecule has 0 radical (unpaired) electrons. The highest BCUT2D eigenvalue weighted by Gasteiger charge is 2.31. The maximum absolute atomic E-state index is 12.8. The molecular weight excluding hydrogens is 383 g/mol. The van der Waals surface area contributed by atoms with Gasteiger partial charge in [-0.2, -0.15) is 13.2 Å². The topological polar surface area (TPSA) is 49.8 Å². The smallest absolute Gasteiger partial charge is 0.416 e. The molecule has 1 N–H and O–H groups in total. The summed E-state index contributed by atoms with van der Waals surface area (Å²) in [6.07, 6.45) is -2.79. The molecule has 0 spiro atoms. The number of ketones is 1. The molecule has 3 rings (SSSR count). The van der Waals surface area contributed by atoms with Gasteiger partial charge in [-0.3, -0.25) is 9.69 Å². The zero-order valence-corrected chi connectivity index (χ0v) is 16.0. The van der Waals surface area contributed by atoms with Crippen molar-refractivity contribution >= 4 is 5.78 Å². The Kier molecular flexibility index (Phi) is 6.92. The Morgan fingerprint density at radius 2 is 1.79 bits per heavy atom. The maximum Gasteiger partial charge on any atom is 0.416 e. The largest absolute Gasteiger partial charge is 0.491 e. The van der Waals surface area contributed by atoms with Crippen LogP contribution in [0.5, 0.6) is 5.75 Å². The summed E-state index contributed by atoms with van der Waals surface area (Å²) in [5.74, 6) is 0.376. The fraction of sp³-hybridized carbons (Fsp3) is 0.409. The van der Waals surface area contributed by atoms with Gasteiger partial charge in [-0.05, 0) is 49.2 Å². The van der Waals surface area contributed by atoms with Gasteiger partial charge < -0.3 is 9.84 Å². The number of aliphatic hydroxyl groups is 1. The molecular formula is C22H24F3NO3. The number of piperidine rings is 1. The molecule has 1 heterocycles. The van der Waals surface area contributed by atoms with Crippen molar-refractivity contribution in [1.82, 2.24) is 4.90 Å². The Balaban J connectivity index is 1.59. The summed E-state index contributed by atoms with van der Waals surface area (Å²) in [7, 11) is 0.